The van der Waals surface area contributed by atoms with E-state index in [0.717, 1.165) is 11.1 Å². The molecule has 150 valence electrons. The highest BCUT2D eigenvalue weighted by atomic mass is 16.2. The summed E-state index contributed by atoms with van der Waals surface area (Å²) in [5.41, 5.74) is 20.0. The number of nitrogen functional groups attached to an aromatic ring is 1. The predicted molar refractivity (Wildman–Crippen MR) is 113 cm³/mol. The van der Waals surface area contributed by atoms with Crippen LogP contribution in [0.1, 0.15) is 32.7 Å². The molecule has 0 aliphatic carbocycles. The molecule has 0 atom stereocenters. The van der Waals surface area contributed by atoms with Gasteiger partial charge in [-0.3, -0.25) is 9.59 Å². The molecule has 3 rings (SSSR count). The van der Waals surface area contributed by atoms with Gasteiger partial charge in [0, 0.05) is 17.7 Å². The normalized spacial score (nSPS) is 10.7. The average Bonchev–Trinajstić information content (AvgIpc) is 3.06. The Bertz CT molecular complexity index is 1030. The Labute approximate surface area is 168 Å². The number of amides is 2. The van der Waals surface area contributed by atoms with Crippen LogP contribution in [-0.2, 0) is 0 Å². The van der Waals surface area contributed by atoms with Crippen LogP contribution in [0.4, 0.5) is 5.82 Å². The van der Waals surface area contributed by atoms with Crippen molar-refractivity contribution in [1.82, 2.24) is 9.89 Å². The minimum atomic E-state index is -0.710. The summed E-state index contributed by atoms with van der Waals surface area (Å²) in [6, 6.07) is 16.2. The Morgan fingerprint density at radius 3 is 2.34 bits per heavy atom. The van der Waals surface area contributed by atoms with Crippen molar-refractivity contribution in [2.45, 2.75) is 13.3 Å². The number of carbonyl (C=O) groups excluding carboxylic acids is 2. The van der Waals surface area contributed by atoms with Crippen LogP contribution in [0.5, 0.6) is 0 Å². The molecule has 0 bridgehead atoms. The zero-order chi connectivity index (χ0) is 21.0. The first-order valence-electron chi connectivity index (χ1n) is 9.27. The SMILES string of the molecule is Cc1ccccc1-c1nn(N(CCCN)C(=O)c2ccccc2)c(N)c1C(N)=O. The number of primary amides is 1. The summed E-state index contributed by atoms with van der Waals surface area (Å²) in [6.45, 7) is 2.56. The number of aryl methyl sites for hydroxylation is 1. The van der Waals surface area contributed by atoms with Crippen molar-refractivity contribution in [3.05, 3.63) is 71.3 Å². The highest BCUT2D eigenvalue weighted by Gasteiger charge is 2.27. The molecule has 0 fully saturated rings. The molecule has 1 heterocycles. The Kier molecular flexibility index (Phi) is 5.94. The third-order valence-electron chi connectivity index (χ3n) is 4.61. The van der Waals surface area contributed by atoms with Gasteiger partial charge in [0.25, 0.3) is 11.8 Å². The largest absolute Gasteiger partial charge is 0.382 e. The van der Waals surface area contributed by atoms with E-state index in [2.05, 4.69) is 5.10 Å². The first-order valence-corrected chi connectivity index (χ1v) is 9.27. The lowest BCUT2D eigenvalue weighted by Gasteiger charge is -2.23. The second-order valence-corrected chi connectivity index (χ2v) is 6.61. The summed E-state index contributed by atoms with van der Waals surface area (Å²) < 4.78 is 0. The summed E-state index contributed by atoms with van der Waals surface area (Å²) in [4.78, 5) is 26.6. The number of benzene rings is 2. The Hall–Kier alpha value is -3.65. The van der Waals surface area contributed by atoms with Crippen molar-refractivity contribution >= 4 is 17.6 Å². The lowest BCUT2D eigenvalue weighted by atomic mass is 10.0. The van der Waals surface area contributed by atoms with Crippen molar-refractivity contribution in [2.75, 3.05) is 23.8 Å². The van der Waals surface area contributed by atoms with Crippen molar-refractivity contribution in [1.29, 1.82) is 0 Å². The van der Waals surface area contributed by atoms with Gasteiger partial charge in [0.2, 0.25) is 0 Å². The van der Waals surface area contributed by atoms with Crippen LogP contribution in [0.3, 0.4) is 0 Å². The van der Waals surface area contributed by atoms with E-state index >= 15 is 0 Å². The number of anilines is 1. The zero-order valence-corrected chi connectivity index (χ0v) is 16.2. The summed E-state index contributed by atoms with van der Waals surface area (Å²) in [5, 5.41) is 5.90. The molecule has 0 aliphatic rings. The molecule has 3 aromatic rings. The molecule has 0 saturated carbocycles. The Balaban J connectivity index is 2.16. The predicted octanol–water partition coefficient (Wildman–Crippen LogP) is 1.67. The third kappa shape index (κ3) is 3.97. The fraction of sp³-hybridized carbons (Fsp3) is 0.190. The zero-order valence-electron chi connectivity index (χ0n) is 16.2. The van der Waals surface area contributed by atoms with Gasteiger partial charge in [-0.25, -0.2) is 5.01 Å². The van der Waals surface area contributed by atoms with Crippen molar-refractivity contribution in [3.8, 4) is 11.3 Å². The second-order valence-electron chi connectivity index (χ2n) is 6.61. The van der Waals surface area contributed by atoms with Crippen LogP contribution in [-0.4, -0.2) is 34.8 Å². The maximum Gasteiger partial charge on any atom is 0.274 e. The fourth-order valence-electron chi connectivity index (χ4n) is 3.13. The van der Waals surface area contributed by atoms with E-state index in [0.29, 0.717) is 24.2 Å². The van der Waals surface area contributed by atoms with Crippen LogP contribution in [0.15, 0.2) is 54.6 Å². The van der Waals surface area contributed by atoms with Crippen LogP contribution in [0, 0.1) is 6.92 Å². The van der Waals surface area contributed by atoms with Gasteiger partial charge >= 0.3 is 0 Å². The molecular weight excluding hydrogens is 368 g/mol. The standard InChI is InChI=1S/C21H24N6O2/c1-14-8-5-6-11-16(14)18-17(20(24)28)19(23)27(25-18)26(13-7-12-22)21(29)15-9-3-2-4-10-15/h2-6,8-11H,7,12-13,22-23H2,1H3,(H2,24,28). The lowest BCUT2D eigenvalue weighted by molar-refractivity contribution is 0.0951. The van der Waals surface area contributed by atoms with Gasteiger partial charge < -0.3 is 17.2 Å². The fourth-order valence-corrected chi connectivity index (χ4v) is 3.13. The summed E-state index contributed by atoms with van der Waals surface area (Å²) in [5.74, 6) is -1.00. The average molecular weight is 392 g/mol. The van der Waals surface area contributed by atoms with Gasteiger partial charge in [-0.2, -0.15) is 4.79 Å². The minimum absolute atomic E-state index is 0.0112. The second kappa shape index (κ2) is 8.57. The number of hydrogen-bond donors (Lipinski definition) is 3. The van der Waals surface area contributed by atoms with Gasteiger partial charge in [0.1, 0.15) is 11.3 Å². The molecule has 0 unspecified atom stereocenters. The molecule has 29 heavy (non-hydrogen) atoms. The highest BCUT2D eigenvalue weighted by molar-refractivity contribution is 6.05. The molecule has 0 aliphatic heterocycles. The number of rotatable bonds is 7. The van der Waals surface area contributed by atoms with E-state index in [4.69, 9.17) is 17.2 Å². The number of nitrogens with zero attached hydrogens (tertiary/aromatic N) is 3. The van der Waals surface area contributed by atoms with Crippen molar-refractivity contribution in [3.63, 3.8) is 0 Å². The van der Waals surface area contributed by atoms with Crippen LogP contribution < -0.4 is 22.2 Å². The smallest absolute Gasteiger partial charge is 0.274 e. The van der Waals surface area contributed by atoms with Crippen LogP contribution in [0.2, 0.25) is 0 Å². The maximum absolute atomic E-state index is 13.1. The molecule has 0 radical (unpaired) electrons. The minimum Gasteiger partial charge on any atom is -0.382 e. The number of aromatic nitrogens is 2. The van der Waals surface area contributed by atoms with E-state index in [1.165, 1.54) is 9.80 Å². The van der Waals surface area contributed by atoms with E-state index in [1.54, 1.807) is 24.3 Å². The third-order valence-corrected chi connectivity index (χ3v) is 4.61. The first kappa shape index (κ1) is 20.1. The van der Waals surface area contributed by atoms with Crippen molar-refractivity contribution < 1.29 is 9.59 Å². The molecule has 1 aromatic heterocycles. The van der Waals surface area contributed by atoms with Gasteiger partial charge in [-0.05, 0) is 37.6 Å². The van der Waals surface area contributed by atoms with E-state index < -0.39 is 5.91 Å². The van der Waals surface area contributed by atoms with Crippen molar-refractivity contribution in [2.24, 2.45) is 11.5 Å². The number of nitrogens with two attached hydrogens (primary N) is 3. The van der Waals surface area contributed by atoms with Gasteiger partial charge in [-0.15, -0.1) is 5.10 Å². The topological polar surface area (TPSA) is 133 Å². The summed E-state index contributed by atoms with van der Waals surface area (Å²) >= 11 is 0. The molecule has 8 nitrogen and oxygen atoms in total. The lowest BCUT2D eigenvalue weighted by Crippen LogP contribution is -2.43. The van der Waals surface area contributed by atoms with Gasteiger partial charge in [-0.1, -0.05) is 42.5 Å². The molecule has 6 N–H and O–H groups in total. The van der Waals surface area contributed by atoms with Crippen LogP contribution in [0.25, 0.3) is 11.3 Å². The molecule has 2 amide bonds. The maximum atomic E-state index is 13.1. The number of hydrogen-bond acceptors (Lipinski definition) is 5. The molecular formula is C21H24N6O2. The monoisotopic (exact) mass is 392 g/mol. The van der Waals surface area contributed by atoms with Gasteiger partial charge in [0.05, 0.1) is 0 Å². The molecule has 0 spiro atoms. The first-order chi connectivity index (χ1) is 14.0. The summed E-state index contributed by atoms with van der Waals surface area (Å²) in [7, 11) is 0. The quantitative estimate of drug-likeness (QED) is 0.562. The van der Waals surface area contributed by atoms with E-state index in [9.17, 15) is 9.59 Å². The van der Waals surface area contributed by atoms with E-state index in [1.807, 2.05) is 37.3 Å². The Morgan fingerprint density at radius 1 is 1.07 bits per heavy atom. The van der Waals surface area contributed by atoms with Crippen LogP contribution >= 0.6 is 0 Å². The highest BCUT2D eigenvalue weighted by Crippen LogP contribution is 2.29. The number of carbonyl (C=O) groups is 2. The molecule has 0 saturated heterocycles. The van der Waals surface area contributed by atoms with E-state index in [-0.39, 0.29) is 23.8 Å². The molecule has 2 aromatic carbocycles. The summed E-state index contributed by atoms with van der Waals surface area (Å²) in [6.07, 6.45) is 0.531. The Morgan fingerprint density at radius 2 is 1.72 bits per heavy atom. The molecule has 8 heteroatoms. The van der Waals surface area contributed by atoms with Gasteiger partial charge in [0.15, 0.2) is 5.82 Å².